The van der Waals surface area contributed by atoms with Gasteiger partial charge in [-0.2, -0.15) is 0 Å². The third-order valence-corrected chi connectivity index (χ3v) is 4.06. The Bertz CT molecular complexity index is 472. The fourth-order valence-corrected chi connectivity index (χ4v) is 2.96. The van der Waals surface area contributed by atoms with Crippen LogP contribution in [-0.2, 0) is 0 Å². The van der Waals surface area contributed by atoms with Gasteiger partial charge in [-0.25, -0.2) is 0 Å². The van der Waals surface area contributed by atoms with Crippen LogP contribution in [0.5, 0.6) is 0 Å². The van der Waals surface area contributed by atoms with E-state index in [1.54, 1.807) is 13.1 Å². The quantitative estimate of drug-likeness (QED) is 0.821. The molecule has 1 fully saturated rings. The molecule has 0 bridgehead atoms. The van der Waals surface area contributed by atoms with Crippen LogP contribution in [0.1, 0.15) is 43.5 Å². The van der Waals surface area contributed by atoms with Crippen LogP contribution in [0.25, 0.3) is 0 Å². The average Bonchev–Trinajstić information content (AvgIpc) is 2.79. The summed E-state index contributed by atoms with van der Waals surface area (Å²) in [4.78, 5) is 14.1. The molecule has 0 aliphatic carbocycles. The first-order valence-corrected chi connectivity index (χ1v) is 6.98. The minimum Gasteiger partial charge on any atom is -0.397 e. The van der Waals surface area contributed by atoms with Crippen molar-refractivity contribution in [3.05, 3.63) is 23.8 Å². The Morgan fingerprint density at radius 1 is 1.47 bits per heavy atom. The van der Waals surface area contributed by atoms with Crippen molar-refractivity contribution in [2.45, 2.75) is 45.2 Å². The number of hydrogen-bond acceptors (Lipinski definition) is 3. The maximum absolute atomic E-state index is 11.8. The standard InChI is InChI=1S/C15H23N3O/c1-4-12-7-5-10(2)18(12)14-9-11(15(19)17-3)6-8-13(14)16/h6,8-10,12H,4-5,7,16H2,1-3H3,(H,17,19). The van der Waals surface area contributed by atoms with E-state index in [9.17, 15) is 4.79 Å². The van der Waals surface area contributed by atoms with Crippen molar-refractivity contribution in [2.24, 2.45) is 0 Å². The SMILES string of the molecule is CCC1CCC(C)N1c1cc(C(=O)NC)ccc1N. The lowest BCUT2D eigenvalue weighted by molar-refractivity contribution is 0.0963. The largest absolute Gasteiger partial charge is 0.397 e. The van der Waals surface area contributed by atoms with E-state index in [4.69, 9.17) is 5.73 Å². The molecule has 3 N–H and O–H groups in total. The Hall–Kier alpha value is -1.71. The van der Waals surface area contributed by atoms with Crippen molar-refractivity contribution in [2.75, 3.05) is 17.7 Å². The average molecular weight is 261 g/mol. The Kier molecular flexibility index (Phi) is 3.98. The number of hydrogen-bond donors (Lipinski definition) is 2. The predicted molar refractivity (Wildman–Crippen MR) is 79.5 cm³/mol. The third kappa shape index (κ3) is 2.53. The number of rotatable bonds is 3. The topological polar surface area (TPSA) is 58.4 Å². The summed E-state index contributed by atoms with van der Waals surface area (Å²) in [6.07, 6.45) is 3.48. The van der Waals surface area contributed by atoms with Gasteiger partial charge in [-0.15, -0.1) is 0 Å². The van der Waals surface area contributed by atoms with Gasteiger partial charge >= 0.3 is 0 Å². The van der Waals surface area contributed by atoms with Gasteiger partial charge in [0.15, 0.2) is 0 Å². The Labute approximate surface area is 115 Å². The number of carbonyl (C=O) groups excluding carboxylic acids is 1. The normalized spacial score (nSPS) is 22.6. The lowest BCUT2D eigenvalue weighted by atomic mass is 10.1. The van der Waals surface area contributed by atoms with Crippen LogP contribution < -0.4 is 16.0 Å². The van der Waals surface area contributed by atoms with Crippen LogP contribution in [-0.4, -0.2) is 25.0 Å². The summed E-state index contributed by atoms with van der Waals surface area (Å²) in [5.41, 5.74) is 8.53. The summed E-state index contributed by atoms with van der Waals surface area (Å²) >= 11 is 0. The summed E-state index contributed by atoms with van der Waals surface area (Å²) in [5, 5.41) is 2.66. The van der Waals surface area contributed by atoms with Crippen molar-refractivity contribution >= 4 is 17.3 Å². The van der Waals surface area contributed by atoms with E-state index in [2.05, 4.69) is 24.1 Å². The van der Waals surface area contributed by atoms with Gasteiger partial charge in [-0.05, 0) is 44.4 Å². The van der Waals surface area contributed by atoms with Gasteiger partial charge in [0.05, 0.1) is 11.4 Å². The molecule has 4 heteroatoms. The third-order valence-electron chi connectivity index (χ3n) is 4.06. The van der Waals surface area contributed by atoms with Crippen LogP contribution in [0.3, 0.4) is 0 Å². The Balaban J connectivity index is 2.40. The summed E-state index contributed by atoms with van der Waals surface area (Å²) in [6.45, 7) is 4.43. The molecule has 2 atom stereocenters. The number of nitrogen functional groups attached to an aromatic ring is 1. The van der Waals surface area contributed by atoms with Crippen molar-refractivity contribution in [1.29, 1.82) is 0 Å². The monoisotopic (exact) mass is 261 g/mol. The number of nitrogens with zero attached hydrogens (tertiary/aromatic N) is 1. The fourth-order valence-electron chi connectivity index (χ4n) is 2.96. The molecule has 1 amide bonds. The number of nitrogens with one attached hydrogen (secondary N) is 1. The van der Waals surface area contributed by atoms with Crippen LogP contribution in [0.2, 0.25) is 0 Å². The molecule has 0 spiro atoms. The van der Waals surface area contributed by atoms with E-state index >= 15 is 0 Å². The molecule has 0 saturated carbocycles. The van der Waals surface area contributed by atoms with Gasteiger partial charge in [-0.1, -0.05) is 6.92 Å². The van der Waals surface area contributed by atoms with Crippen molar-refractivity contribution < 1.29 is 4.79 Å². The van der Waals surface area contributed by atoms with E-state index in [1.807, 2.05) is 12.1 Å². The Morgan fingerprint density at radius 3 is 2.84 bits per heavy atom. The minimum atomic E-state index is -0.0684. The van der Waals surface area contributed by atoms with Crippen LogP contribution >= 0.6 is 0 Å². The zero-order valence-corrected chi connectivity index (χ0v) is 11.9. The molecule has 1 aromatic carbocycles. The molecule has 4 nitrogen and oxygen atoms in total. The molecular formula is C15H23N3O. The summed E-state index contributed by atoms with van der Waals surface area (Å²) < 4.78 is 0. The van der Waals surface area contributed by atoms with E-state index < -0.39 is 0 Å². The van der Waals surface area contributed by atoms with Gasteiger partial charge < -0.3 is 16.0 Å². The van der Waals surface area contributed by atoms with Gasteiger partial charge in [0.1, 0.15) is 0 Å². The predicted octanol–water partition coefficient (Wildman–Crippen LogP) is 2.40. The van der Waals surface area contributed by atoms with Crippen LogP contribution in [0.4, 0.5) is 11.4 Å². The zero-order chi connectivity index (χ0) is 14.0. The number of carbonyl (C=O) groups is 1. The highest BCUT2D eigenvalue weighted by Gasteiger charge is 2.30. The summed E-state index contributed by atoms with van der Waals surface area (Å²) in [6, 6.07) is 6.53. The van der Waals surface area contributed by atoms with E-state index in [-0.39, 0.29) is 5.91 Å². The highest BCUT2D eigenvalue weighted by Crippen LogP contribution is 2.35. The number of nitrogens with two attached hydrogens (primary N) is 1. The second kappa shape index (κ2) is 5.51. The molecule has 1 heterocycles. The summed E-state index contributed by atoms with van der Waals surface area (Å²) in [7, 11) is 1.64. The van der Waals surface area contributed by atoms with Crippen LogP contribution in [0, 0.1) is 0 Å². The molecule has 104 valence electrons. The first-order chi connectivity index (χ1) is 9.08. The highest BCUT2D eigenvalue weighted by molar-refractivity contribution is 5.96. The van der Waals surface area contributed by atoms with Crippen molar-refractivity contribution in [3.63, 3.8) is 0 Å². The molecule has 2 unspecified atom stereocenters. The smallest absolute Gasteiger partial charge is 0.251 e. The first kappa shape index (κ1) is 13.7. The van der Waals surface area contributed by atoms with E-state index in [1.165, 1.54) is 12.8 Å². The maximum Gasteiger partial charge on any atom is 0.251 e. The summed E-state index contributed by atoms with van der Waals surface area (Å²) in [5.74, 6) is -0.0684. The van der Waals surface area contributed by atoms with Crippen LogP contribution in [0.15, 0.2) is 18.2 Å². The minimum absolute atomic E-state index is 0.0684. The highest BCUT2D eigenvalue weighted by atomic mass is 16.1. The first-order valence-electron chi connectivity index (χ1n) is 6.98. The lowest BCUT2D eigenvalue weighted by Gasteiger charge is -2.31. The molecular weight excluding hydrogens is 238 g/mol. The second-order valence-corrected chi connectivity index (χ2v) is 5.25. The van der Waals surface area contributed by atoms with E-state index in [0.29, 0.717) is 17.6 Å². The molecule has 0 radical (unpaired) electrons. The molecule has 1 saturated heterocycles. The van der Waals surface area contributed by atoms with Gasteiger partial charge in [0.25, 0.3) is 5.91 Å². The lowest BCUT2D eigenvalue weighted by Crippen LogP contribution is -2.35. The number of amides is 1. The van der Waals surface area contributed by atoms with Gasteiger partial charge in [-0.3, -0.25) is 4.79 Å². The van der Waals surface area contributed by atoms with Gasteiger partial charge in [0, 0.05) is 24.7 Å². The second-order valence-electron chi connectivity index (χ2n) is 5.25. The van der Waals surface area contributed by atoms with Gasteiger partial charge in [0.2, 0.25) is 0 Å². The molecule has 1 aliphatic heterocycles. The zero-order valence-electron chi connectivity index (χ0n) is 11.9. The molecule has 1 aromatic rings. The number of benzene rings is 1. The molecule has 2 rings (SSSR count). The fraction of sp³-hybridized carbons (Fsp3) is 0.533. The van der Waals surface area contributed by atoms with Crippen molar-refractivity contribution in [1.82, 2.24) is 5.32 Å². The van der Waals surface area contributed by atoms with Crippen molar-refractivity contribution in [3.8, 4) is 0 Å². The van der Waals surface area contributed by atoms with E-state index in [0.717, 1.165) is 17.8 Å². The number of anilines is 2. The Morgan fingerprint density at radius 2 is 2.21 bits per heavy atom. The molecule has 19 heavy (non-hydrogen) atoms. The molecule has 0 aromatic heterocycles. The maximum atomic E-state index is 11.8. The molecule has 1 aliphatic rings.